The fourth-order valence-corrected chi connectivity index (χ4v) is 5.23. The van der Waals surface area contributed by atoms with Crippen LogP contribution in [0, 0.1) is 25.2 Å². The van der Waals surface area contributed by atoms with Crippen molar-refractivity contribution in [3.63, 3.8) is 0 Å². The predicted octanol–water partition coefficient (Wildman–Crippen LogP) is 5.64. The van der Waals surface area contributed by atoms with Gasteiger partial charge in [-0.1, -0.05) is 30.3 Å². The topological polar surface area (TPSA) is 35.2 Å². The van der Waals surface area contributed by atoms with Crippen molar-refractivity contribution in [3.8, 4) is 11.8 Å². The molecule has 0 radical (unpaired) electrons. The average Bonchev–Trinajstić information content (AvgIpc) is 3.16. The van der Waals surface area contributed by atoms with Gasteiger partial charge in [-0.3, -0.25) is 9.80 Å². The lowest BCUT2D eigenvalue weighted by atomic mass is 9.92. The minimum atomic E-state index is 0.122. The molecule has 1 aromatic heterocycles. The minimum absolute atomic E-state index is 0.122. The molecule has 170 valence electrons. The molecule has 1 fully saturated rings. The Kier molecular flexibility index (Phi) is 6.83. The van der Waals surface area contributed by atoms with Crippen molar-refractivity contribution in [2.45, 2.75) is 45.8 Å². The Morgan fingerprint density at radius 3 is 2.30 bits per heavy atom. The van der Waals surface area contributed by atoms with Crippen LogP contribution in [0.15, 0.2) is 73.3 Å². The van der Waals surface area contributed by atoms with Crippen LogP contribution in [0.2, 0.25) is 0 Å². The highest BCUT2D eigenvalue weighted by Gasteiger charge is 2.34. The van der Waals surface area contributed by atoms with E-state index in [-0.39, 0.29) is 6.04 Å². The van der Waals surface area contributed by atoms with Gasteiger partial charge in [0, 0.05) is 48.8 Å². The average molecular weight is 439 g/mol. The molecule has 33 heavy (non-hydrogen) atoms. The van der Waals surface area contributed by atoms with Crippen LogP contribution >= 0.6 is 0 Å². The van der Waals surface area contributed by atoms with Gasteiger partial charge in [0.25, 0.3) is 0 Å². The van der Waals surface area contributed by atoms with Crippen molar-refractivity contribution in [1.82, 2.24) is 14.4 Å². The molecule has 0 aliphatic carbocycles. The van der Waals surface area contributed by atoms with E-state index in [4.69, 9.17) is 0 Å². The van der Waals surface area contributed by atoms with Gasteiger partial charge in [0.05, 0.1) is 17.7 Å². The summed E-state index contributed by atoms with van der Waals surface area (Å²) in [4.78, 5) is 5.13. The molecule has 2 aromatic carbocycles. The summed E-state index contributed by atoms with van der Waals surface area (Å²) < 4.78 is 2.31. The lowest BCUT2D eigenvalue weighted by molar-refractivity contribution is 0.0306. The standard InChI is InChI=1S/C29H34N4/c1-6-16-31-19-24(5)32(20-23(31)4)29(26-14-12-25(18-30)13-15-26)27-8-7-9-28(17-27)33-21(2)10-11-22(33)3/h6-15,17,23-24,29H,1,16,19-20H2,2-5H3/t23-,24+,29-/m1/s1. The first-order valence-electron chi connectivity index (χ1n) is 11.8. The third-order valence-corrected chi connectivity index (χ3v) is 6.93. The van der Waals surface area contributed by atoms with Crippen molar-refractivity contribution in [2.24, 2.45) is 0 Å². The maximum Gasteiger partial charge on any atom is 0.0991 e. The van der Waals surface area contributed by atoms with Gasteiger partial charge in [-0.25, -0.2) is 0 Å². The molecule has 0 N–H and O–H groups in total. The Balaban J connectivity index is 1.78. The molecule has 0 unspecified atom stereocenters. The summed E-state index contributed by atoms with van der Waals surface area (Å²) in [7, 11) is 0. The molecule has 3 atom stereocenters. The van der Waals surface area contributed by atoms with Crippen LogP contribution in [0.3, 0.4) is 0 Å². The first-order valence-corrected chi connectivity index (χ1v) is 11.8. The van der Waals surface area contributed by atoms with Crippen molar-refractivity contribution < 1.29 is 0 Å². The molecule has 0 spiro atoms. The van der Waals surface area contributed by atoms with Gasteiger partial charge in [-0.15, -0.1) is 6.58 Å². The van der Waals surface area contributed by atoms with E-state index in [2.05, 4.69) is 103 Å². The van der Waals surface area contributed by atoms with Crippen LogP contribution in [0.1, 0.15) is 48.0 Å². The second-order valence-electron chi connectivity index (χ2n) is 9.32. The second-order valence-corrected chi connectivity index (χ2v) is 9.32. The number of nitrogens with zero attached hydrogens (tertiary/aromatic N) is 4. The van der Waals surface area contributed by atoms with E-state index in [0.29, 0.717) is 17.6 Å². The highest BCUT2D eigenvalue weighted by atomic mass is 15.3. The minimum Gasteiger partial charge on any atom is -0.319 e. The Bertz CT molecular complexity index is 1130. The van der Waals surface area contributed by atoms with Crippen LogP contribution in [-0.4, -0.2) is 46.1 Å². The summed E-state index contributed by atoms with van der Waals surface area (Å²) in [5, 5.41) is 9.31. The van der Waals surface area contributed by atoms with E-state index >= 15 is 0 Å². The fourth-order valence-electron chi connectivity index (χ4n) is 5.23. The molecule has 4 heteroatoms. The first-order chi connectivity index (χ1) is 15.9. The Hall–Kier alpha value is -3.13. The van der Waals surface area contributed by atoms with E-state index < -0.39 is 0 Å². The van der Waals surface area contributed by atoms with Crippen LogP contribution in [0.4, 0.5) is 0 Å². The third kappa shape index (κ3) is 4.66. The maximum atomic E-state index is 9.31. The van der Waals surface area contributed by atoms with Crippen molar-refractivity contribution in [2.75, 3.05) is 19.6 Å². The Morgan fingerprint density at radius 2 is 1.67 bits per heavy atom. The molecule has 0 saturated carbocycles. The van der Waals surface area contributed by atoms with Gasteiger partial charge in [0.15, 0.2) is 0 Å². The number of hydrogen-bond donors (Lipinski definition) is 0. The number of aryl methyl sites for hydroxylation is 2. The molecular formula is C29H34N4. The first kappa shape index (κ1) is 23.0. The summed E-state index contributed by atoms with van der Waals surface area (Å²) in [5.74, 6) is 0. The zero-order valence-corrected chi connectivity index (χ0v) is 20.2. The highest BCUT2D eigenvalue weighted by molar-refractivity contribution is 5.45. The predicted molar refractivity (Wildman–Crippen MR) is 136 cm³/mol. The number of rotatable bonds is 6. The second kappa shape index (κ2) is 9.79. The van der Waals surface area contributed by atoms with Gasteiger partial charge < -0.3 is 4.57 Å². The zero-order chi connectivity index (χ0) is 23.5. The largest absolute Gasteiger partial charge is 0.319 e. The summed E-state index contributed by atoms with van der Waals surface area (Å²) in [6.07, 6.45) is 2.00. The quantitative estimate of drug-likeness (QED) is 0.468. The molecule has 4 nitrogen and oxygen atoms in total. The van der Waals surface area contributed by atoms with E-state index in [0.717, 1.165) is 19.6 Å². The third-order valence-electron chi connectivity index (χ3n) is 6.93. The van der Waals surface area contributed by atoms with E-state index in [1.54, 1.807) is 0 Å². The van der Waals surface area contributed by atoms with Gasteiger partial charge >= 0.3 is 0 Å². The zero-order valence-electron chi connectivity index (χ0n) is 20.2. The van der Waals surface area contributed by atoms with Crippen LogP contribution in [-0.2, 0) is 0 Å². The molecule has 4 rings (SSSR count). The fraction of sp³-hybridized carbons (Fsp3) is 0.345. The summed E-state index contributed by atoms with van der Waals surface area (Å²) in [6.45, 7) is 15.8. The number of nitriles is 1. The van der Waals surface area contributed by atoms with Crippen LogP contribution in [0.5, 0.6) is 0 Å². The van der Waals surface area contributed by atoms with E-state index in [1.807, 2.05) is 18.2 Å². The smallest absolute Gasteiger partial charge is 0.0991 e. The van der Waals surface area contributed by atoms with Gasteiger partial charge in [-0.05, 0) is 75.2 Å². The number of hydrogen-bond acceptors (Lipinski definition) is 3. The molecule has 0 bridgehead atoms. The monoisotopic (exact) mass is 438 g/mol. The van der Waals surface area contributed by atoms with Crippen LogP contribution < -0.4 is 0 Å². The highest BCUT2D eigenvalue weighted by Crippen LogP contribution is 2.34. The number of aromatic nitrogens is 1. The van der Waals surface area contributed by atoms with E-state index in [1.165, 1.54) is 28.2 Å². The van der Waals surface area contributed by atoms with Gasteiger partial charge in [-0.2, -0.15) is 5.26 Å². The molecule has 2 heterocycles. The summed E-state index contributed by atoms with van der Waals surface area (Å²) in [6, 6.07) is 24.6. The molecular weight excluding hydrogens is 404 g/mol. The van der Waals surface area contributed by atoms with Gasteiger partial charge in [0.1, 0.15) is 0 Å². The molecule has 0 amide bonds. The summed E-state index contributed by atoms with van der Waals surface area (Å²) >= 11 is 0. The van der Waals surface area contributed by atoms with Gasteiger partial charge in [0.2, 0.25) is 0 Å². The number of benzene rings is 2. The van der Waals surface area contributed by atoms with E-state index in [9.17, 15) is 5.26 Å². The normalized spacial score (nSPS) is 20.3. The van der Waals surface area contributed by atoms with Crippen molar-refractivity contribution >= 4 is 0 Å². The lowest BCUT2D eigenvalue weighted by Gasteiger charge is -2.47. The molecule has 3 aromatic rings. The molecule has 1 saturated heterocycles. The van der Waals surface area contributed by atoms with Crippen molar-refractivity contribution in [1.29, 1.82) is 5.26 Å². The van der Waals surface area contributed by atoms with Crippen LogP contribution in [0.25, 0.3) is 5.69 Å². The Labute approximate surface area is 198 Å². The summed E-state index contributed by atoms with van der Waals surface area (Å²) in [5.41, 5.74) is 6.86. The maximum absolute atomic E-state index is 9.31. The number of piperazine rings is 1. The molecule has 1 aliphatic rings. The SMILES string of the molecule is C=CCN1C[C@H](C)N([C@H](c2ccc(C#N)cc2)c2cccc(-n3c(C)ccc3C)c2)C[C@H]1C. The lowest BCUT2D eigenvalue weighted by Crippen LogP contribution is -2.57. The molecule has 1 aliphatic heterocycles. The van der Waals surface area contributed by atoms with Crippen molar-refractivity contribution in [3.05, 3.63) is 101 Å². The Morgan fingerprint density at radius 1 is 0.970 bits per heavy atom.